The topological polar surface area (TPSA) is 75.8 Å². The van der Waals surface area contributed by atoms with E-state index in [0.29, 0.717) is 39.6 Å². The highest BCUT2D eigenvalue weighted by Gasteiger charge is 2.23. The van der Waals surface area contributed by atoms with Crippen molar-refractivity contribution >= 4 is 50.8 Å². The molecule has 6 nitrogen and oxygen atoms in total. The number of nitrogen functional groups attached to an aromatic ring is 1. The van der Waals surface area contributed by atoms with Gasteiger partial charge in [-0.1, -0.05) is 17.7 Å². The van der Waals surface area contributed by atoms with Crippen LogP contribution in [0, 0.1) is 0 Å². The molecule has 0 bridgehead atoms. The minimum Gasteiger partial charge on any atom is -0.443 e. The van der Waals surface area contributed by atoms with E-state index in [1.54, 1.807) is 18.5 Å². The molecule has 3 heterocycles. The monoisotopic (exact) mass is 439 g/mol. The van der Waals surface area contributed by atoms with Crippen LogP contribution >= 0.6 is 39.1 Å². The van der Waals surface area contributed by atoms with Gasteiger partial charge >= 0.3 is 0 Å². The molecule has 2 aliphatic rings. The molecule has 0 amide bonds. The summed E-state index contributed by atoms with van der Waals surface area (Å²) < 4.78 is 6.46. The molecule has 9 heteroatoms. The molecule has 4 rings (SSSR count). The van der Waals surface area contributed by atoms with Gasteiger partial charge in [0, 0.05) is 16.2 Å². The molecule has 128 valence electrons. The maximum atomic E-state index is 6.42. The van der Waals surface area contributed by atoms with Crippen LogP contribution in [0.3, 0.4) is 0 Å². The third kappa shape index (κ3) is 2.92. The standard InChI is InChI=1S/C16H12BrCl2N5O/c17-9-4-10-12-14(13(9)19)22-7-23-16(12)24(6-11(18)25-10)5-8-2-1-3-21-15(8)20/h1-4,6,23H,5,7H2,(H2,20,21). The lowest BCUT2D eigenvalue weighted by Gasteiger charge is -2.25. The number of pyridine rings is 1. The Labute approximate surface area is 161 Å². The number of anilines is 1. The number of hydrogen-bond donors (Lipinski definition) is 2. The number of hydrogen-bond acceptors (Lipinski definition) is 6. The van der Waals surface area contributed by atoms with Crippen LogP contribution in [0.25, 0.3) is 5.82 Å². The number of rotatable bonds is 2. The Morgan fingerprint density at radius 2 is 2.24 bits per heavy atom. The Morgan fingerprint density at radius 3 is 3.04 bits per heavy atom. The summed E-state index contributed by atoms with van der Waals surface area (Å²) in [4.78, 5) is 10.5. The molecule has 2 aromatic rings. The molecule has 0 unspecified atom stereocenters. The number of nitrogens with two attached hydrogens (primary N) is 1. The van der Waals surface area contributed by atoms with E-state index < -0.39 is 0 Å². The Morgan fingerprint density at radius 1 is 1.40 bits per heavy atom. The highest BCUT2D eigenvalue weighted by molar-refractivity contribution is 9.10. The second kappa shape index (κ2) is 6.40. The fraction of sp³-hybridized carbons (Fsp3) is 0.125. The van der Waals surface area contributed by atoms with Crippen molar-refractivity contribution in [3.8, 4) is 5.75 Å². The van der Waals surface area contributed by atoms with Gasteiger partial charge in [0.1, 0.15) is 24.1 Å². The first-order chi connectivity index (χ1) is 12.0. The molecule has 0 fully saturated rings. The van der Waals surface area contributed by atoms with Crippen LogP contribution in [0.4, 0.5) is 5.82 Å². The van der Waals surface area contributed by atoms with Crippen LogP contribution in [0.5, 0.6) is 5.75 Å². The van der Waals surface area contributed by atoms with Gasteiger partial charge < -0.3 is 20.7 Å². The minimum absolute atomic E-state index is 0.225. The molecule has 0 saturated heterocycles. The molecule has 0 atom stereocenters. The largest absolute Gasteiger partial charge is 0.443 e. The minimum atomic E-state index is 0.225. The Hall–Kier alpha value is -1.96. The molecule has 2 aliphatic heterocycles. The van der Waals surface area contributed by atoms with Crippen molar-refractivity contribution < 1.29 is 4.74 Å². The van der Waals surface area contributed by atoms with Crippen molar-refractivity contribution in [1.82, 2.24) is 15.2 Å². The van der Waals surface area contributed by atoms with Gasteiger partial charge in [0.05, 0.1) is 28.3 Å². The summed E-state index contributed by atoms with van der Waals surface area (Å²) in [5, 5.41) is 5.44. The van der Waals surface area contributed by atoms with Crippen molar-refractivity contribution in [2.24, 2.45) is 4.99 Å². The highest BCUT2D eigenvalue weighted by atomic mass is 79.9. The van der Waals surface area contributed by atoms with Gasteiger partial charge in [0.25, 0.3) is 0 Å². The molecule has 0 aliphatic carbocycles. The quantitative estimate of drug-likeness (QED) is 0.749. The first-order valence-electron chi connectivity index (χ1n) is 7.36. The third-order valence-corrected chi connectivity index (χ3v) is 5.31. The SMILES string of the molecule is Nc1ncccc1CN1C=C(Cl)Oc2cc(Br)c(Cl)c3c2=C1NCN=3. The van der Waals surface area contributed by atoms with Crippen LogP contribution in [-0.4, -0.2) is 16.6 Å². The summed E-state index contributed by atoms with van der Waals surface area (Å²) in [5.41, 5.74) is 6.85. The zero-order valence-corrected chi connectivity index (χ0v) is 15.9. The van der Waals surface area contributed by atoms with E-state index in [1.165, 1.54) is 0 Å². The molecule has 0 saturated carbocycles. The smallest absolute Gasteiger partial charge is 0.210 e. The van der Waals surface area contributed by atoms with Gasteiger partial charge in [-0.3, -0.25) is 4.99 Å². The van der Waals surface area contributed by atoms with Crippen LogP contribution in [-0.2, 0) is 6.54 Å². The number of aromatic nitrogens is 1. The molecule has 1 aromatic carbocycles. The van der Waals surface area contributed by atoms with Crippen molar-refractivity contribution in [2.45, 2.75) is 6.54 Å². The van der Waals surface area contributed by atoms with Gasteiger partial charge in [-0.15, -0.1) is 0 Å². The van der Waals surface area contributed by atoms with Gasteiger partial charge in [-0.05, 0) is 39.7 Å². The van der Waals surface area contributed by atoms with Crippen molar-refractivity contribution in [3.05, 3.63) is 61.4 Å². The van der Waals surface area contributed by atoms with E-state index >= 15 is 0 Å². The molecular formula is C16H12BrCl2N5O. The lowest BCUT2D eigenvalue weighted by Crippen LogP contribution is -2.43. The second-order valence-electron chi connectivity index (χ2n) is 5.45. The fourth-order valence-electron chi connectivity index (χ4n) is 2.79. The van der Waals surface area contributed by atoms with Crippen LogP contribution in [0.15, 0.2) is 45.3 Å². The Bertz CT molecular complexity index is 1020. The van der Waals surface area contributed by atoms with Gasteiger partial charge in [0.2, 0.25) is 5.22 Å². The van der Waals surface area contributed by atoms with E-state index in [9.17, 15) is 0 Å². The maximum Gasteiger partial charge on any atom is 0.210 e. The van der Waals surface area contributed by atoms with Gasteiger partial charge in [0.15, 0.2) is 0 Å². The molecule has 0 spiro atoms. The predicted octanol–water partition coefficient (Wildman–Crippen LogP) is 2.26. The van der Waals surface area contributed by atoms with Crippen LogP contribution < -0.4 is 26.4 Å². The summed E-state index contributed by atoms with van der Waals surface area (Å²) in [7, 11) is 0. The number of benzene rings is 1. The van der Waals surface area contributed by atoms with E-state index in [2.05, 4.69) is 31.2 Å². The van der Waals surface area contributed by atoms with E-state index in [0.717, 1.165) is 16.6 Å². The summed E-state index contributed by atoms with van der Waals surface area (Å²) in [6, 6.07) is 5.54. The van der Waals surface area contributed by atoms with Gasteiger partial charge in [-0.2, -0.15) is 0 Å². The molecule has 0 radical (unpaired) electrons. The fourth-order valence-corrected chi connectivity index (χ4v) is 3.59. The summed E-state index contributed by atoms with van der Waals surface area (Å²) in [6.45, 7) is 0.858. The third-order valence-electron chi connectivity index (χ3n) is 3.90. The first kappa shape index (κ1) is 16.5. The first-order valence-corrected chi connectivity index (χ1v) is 8.91. The number of halogens is 3. The zero-order chi connectivity index (χ0) is 17.6. The summed E-state index contributed by atoms with van der Waals surface area (Å²) in [5.74, 6) is 1.83. The van der Waals surface area contributed by atoms with Crippen molar-refractivity contribution in [1.29, 1.82) is 0 Å². The Kier molecular flexibility index (Phi) is 4.23. The highest BCUT2D eigenvalue weighted by Crippen LogP contribution is 2.27. The van der Waals surface area contributed by atoms with Gasteiger partial charge in [-0.25, -0.2) is 4.98 Å². The van der Waals surface area contributed by atoms with E-state index in [1.807, 2.05) is 17.0 Å². The van der Waals surface area contributed by atoms with Crippen LogP contribution in [0.1, 0.15) is 5.56 Å². The normalized spacial score (nSPS) is 15.4. The molecule has 25 heavy (non-hydrogen) atoms. The average Bonchev–Trinajstić information content (AvgIpc) is 2.72. The average molecular weight is 441 g/mol. The molecule has 3 N–H and O–H groups in total. The lowest BCUT2D eigenvalue weighted by molar-refractivity contribution is 0.438. The van der Waals surface area contributed by atoms with Crippen LogP contribution in [0.2, 0.25) is 5.02 Å². The zero-order valence-electron chi connectivity index (χ0n) is 12.8. The predicted molar refractivity (Wildman–Crippen MR) is 100 cm³/mol. The molecular weight excluding hydrogens is 429 g/mol. The number of nitrogens with one attached hydrogen (secondary N) is 1. The van der Waals surface area contributed by atoms with E-state index in [-0.39, 0.29) is 5.22 Å². The van der Waals surface area contributed by atoms with Crippen molar-refractivity contribution in [2.75, 3.05) is 12.4 Å². The molecule has 1 aromatic heterocycles. The number of nitrogens with zero attached hydrogens (tertiary/aromatic N) is 3. The van der Waals surface area contributed by atoms with E-state index in [4.69, 9.17) is 33.7 Å². The second-order valence-corrected chi connectivity index (χ2v) is 7.05. The summed E-state index contributed by atoms with van der Waals surface area (Å²) in [6.07, 6.45) is 3.36. The van der Waals surface area contributed by atoms with Crippen molar-refractivity contribution in [3.63, 3.8) is 0 Å². The maximum absolute atomic E-state index is 6.42. The number of ether oxygens (including phenoxy) is 1. The Balaban J connectivity index is 1.94. The summed E-state index contributed by atoms with van der Waals surface area (Å²) >= 11 is 16.1. The lowest BCUT2D eigenvalue weighted by atomic mass is 10.2.